The number of hydrogen-bond acceptors (Lipinski definition) is 8. The SMILES string of the molecule is CC1C(CSc2nc3ccccc3s2)OC(c2cccc(-c3cccc(CNS(=O)(=O)c4ccccc4)c3)c2)OC1c1ccc(CO)cc1. The number of hydrogen-bond donors (Lipinski definition) is 2. The molecule has 7 nitrogen and oxygen atoms in total. The number of aliphatic hydroxyl groups excluding tert-OH is 1. The fourth-order valence-corrected chi connectivity index (χ4v) is 9.26. The van der Waals surface area contributed by atoms with Gasteiger partial charge in [0.15, 0.2) is 10.6 Å². The van der Waals surface area contributed by atoms with Crippen LogP contribution in [0.25, 0.3) is 21.3 Å². The number of nitrogens with one attached hydrogen (secondary N) is 1. The zero-order chi connectivity index (χ0) is 33.8. The Labute approximate surface area is 295 Å². The third-order valence-electron chi connectivity index (χ3n) is 8.71. The topological polar surface area (TPSA) is 97.8 Å². The second kappa shape index (κ2) is 14.9. The molecule has 0 bridgehead atoms. The monoisotopic (exact) mass is 708 g/mol. The number of nitrogens with zero attached hydrogens (tertiary/aromatic N) is 1. The Morgan fingerprint density at radius 1 is 0.796 bits per heavy atom. The highest BCUT2D eigenvalue weighted by molar-refractivity contribution is 8.01. The van der Waals surface area contributed by atoms with Crippen molar-refractivity contribution in [3.8, 4) is 11.1 Å². The minimum Gasteiger partial charge on any atom is -0.392 e. The zero-order valence-electron chi connectivity index (χ0n) is 26.8. The number of aromatic nitrogens is 1. The van der Waals surface area contributed by atoms with Crippen molar-refractivity contribution in [1.82, 2.24) is 9.71 Å². The van der Waals surface area contributed by atoms with Crippen LogP contribution in [0.15, 0.2) is 137 Å². The summed E-state index contributed by atoms with van der Waals surface area (Å²) in [5.41, 5.74) is 6.57. The lowest BCUT2D eigenvalue weighted by atomic mass is 9.91. The molecule has 5 aromatic carbocycles. The molecule has 1 aromatic heterocycles. The highest BCUT2D eigenvalue weighted by Crippen LogP contribution is 2.44. The molecule has 49 heavy (non-hydrogen) atoms. The molecule has 1 aliphatic heterocycles. The maximum absolute atomic E-state index is 12.8. The highest BCUT2D eigenvalue weighted by Gasteiger charge is 2.38. The summed E-state index contributed by atoms with van der Waals surface area (Å²) >= 11 is 3.40. The van der Waals surface area contributed by atoms with Gasteiger partial charge in [-0.2, -0.15) is 0 Å². The van der Waals surface area contributed by atoms with E-state index in [1.54, 1.807) is 53.4 Å². The Hall–Kier alpha value is -3.87. The Kier molecular flexibility index (Phi) is 10.2. The van der Waals surface area contributed by atoms with E-state index >= 15 is 0 Å². The first-order valence-electron chi connectivity index (χ1n) is 16.1. The van der Waals surface area contributed by atoms with Gasteiger partial charge in [0.25, 0.3) is 0 Å². The molecule has 7 rings (SSSR count). The van der Waals surface area contributed by atoms with Crippen LogP contribution in [0.1, 0.15) is 41.6 Å². The molecule has 10 heteroatoms. The van der Waals surface area contributed by atoms with Crippen LogP contribution in [0.2, 0.25) is 0 Å². The fourth-order valence-electron chi connectivity index (χ4n) is 5.96. The van der Waals surface area contributed by atoms with Gasteiger partial charge in [-0.15, -0.1) is 11.3 Å². The number of sulfonamides is 1. The average molecular weight is 709 g/mol. The number of thioether (sulfide) groups is 1. The Morgan fingerprint density at radius 2 is 1.53 bits per heavy atom. The molecule has 0 spiro atoms. The molecule has 0 amide bonds. The molecule has 1 saturated heterocycles. The van der Waals surface area contributed by atoms with E-state index in [-0.39, 0.29) is 36.2 Å². The number of aliphatic hydroxyl groups is 1. The van der Waals surface area contributed by atoms with Crippen molar-refractivity contribution in [2.75, 3.05) is 5.75 Å². The molecule has 4 atom stereocenters. The number of rotatable bonds is 11. The molecule has 250 valence electrons. The van der Waals surface area contributed by atoms with Crippen LogP contribution in [-0.4, -0.2) is 30.4 Å². The van der Waals surface area contributed by atoms with Gasteiger partial charge in [-0.25, -0.2) is 18.1 Å². The Balaban J connectivity index is 1.12. The van der Waals surface area contributed by atoms with Gasteiger partial charge in [0.1, 0.15) is 0 Å². The second-order valence-corrected chi connectivity index (χ2v) is 16.1. The third kappa shape index (κ3) is 7.81. The smallest absolute Gasteiger partial charge is 0.240 e. The first-order chi connectivity index (χ1) is 23.9. The van der Waals surface area contributed by atoms with Crippen molar-refractivity contribution in [2.45, 2.75) is 47.8 Å². The van der Waals surface area contributed by atoms with Gasteiger partial charge < -0.3 is 14.6 Å². The fraction of sp³-hybridized carbons (Fsp3) is 0.205. The van der Waals surface area contributed by atoms with E-state index in [4.69, 9.17) is 14.5 Å². The van der Waals surface area contributed by atoms with Crippen LogP contribution in [0, 0.1) is 5.92 Å². The normalized spacial score (nSPS) is 19.6. The summed E-state index contributed by atoms with van der Waals surface area (Å²) in [7, 11) is -3.63. The lowest BCUT2D eigenvalue weighted by molar-refractivity contribution is -0.268. The standard InChI is InChI=1S/C39H36N2O5S3/c1-26-35(25-47-39-41-34-15-5-6-16-36(34)48-39)45-38(46-37(26)29-19-17-27(24-42)18-20-29)32-12-8-11-31(22-32)30-10-7-9-28(21-30)23-40-49(43,44)33-13-3-2-4-14-33/h2-22,26,35,37-38,40,42H,23-25H2,1H3. The first-order valence-corrected chi connectivity index (χ1v) is 19.4. The number of thiazole rings is 1. The van der Waals surface area contributed by atoms with Crippen LogP contribution >= 0.6 is 23.1 Å². The van der Waals surface area contributed by atoms with Crippen LogP contribution in [0.5, 0.6) is 0 Å². The Morgan fingerprint density at radius 3 is 2.31 bits per heavy atom. The number of ether oxygens (including phenoxy) is 2. The number of fused-ring (bicyclic) bond motifs is 1. The summed E-state index contributed by atoms with van der Waals surface area (Å²) in [6, 6.07) is 40.5. The average Bonchev–Trinajstić information content (AvgIpc) is 3.57. The van der Waals surface area contributed by atoms with Gasteiger partial charge >= 0.3 is 0 Å². The van der Waals surface area contributed by atoms with Gasteiger partial charge in [0, 0.05) is 23.8 Å². The van der Waals surface area contributed by atoms with E-state index in [0.29, 0.717) is 5.75 Å². The van der Waals surface area contributed by atoms with Gasteiger partial charge in [-0.1, -0.05) is 110 Å². The molecular weight excluding hydrogens is 673 g/mol. The molecule has 4 unspecified atom stereocenters. The van der Waals surface area contributed by atoms with Crippen LogP contribution in [0.4, 0.5) is 0 Å². The molecule has 0 aliphatic carbocycles. The van der Waals surface area contributed by atoms with Crippen LogP contribution in [-0.2, 0) is 32.6 Å². The molecule has 0 saturated carbocycles. The largest absolute Gasteiger partial charge is 0.392 e. The van der Waals surface area contributed by atoms with Crippen LogP contribution in [0.3, 0.4) is 0 Å². The predicted molar refractivity (Wildman–Crippen MR) is 196 cm³/mol. The molecule has 0 radical (unpaired) electrons. The molecule has 1 fully saturated rings. The van der Waals surface area contributed by atoms with Crippen molar-refractivity contribution in [1.29, 1.82) is 0 Å². The maximum atomic E-state index is 12.8. The van der Waals surface area contributed by atoms with E-state index in [1.165, 1.54) is 4.70 Å². The summed E-state index contributed by atoms with van der Waals surface area (Å²) in [5, 5.41) is 9.61. The highest BCUT2D eigenvalue weighted by atomic mass is 32.2. The van der Waals surface area contributed by atoms with Crippen molar-refractivity contribution >= 4 is 43.3 Å². The second-order valence-electron chi connectivity index (χ2n) is 12.0. The summed E-state index contributed by atoms with van der Waals surface area (Å²) < 4.78 is 44.0. The maximum Gasteiger partial charge on any atom is 0.240 e. The van der Waals surface area contributed by atoms with Crippen molar-refractivity contribution in [2.24, 2.45) is 5.92 Å². The summed E-state index contributed by atoms with van der Waals surface area (Å²) in [4.78, 5) is 5.06. The van der Waals surface area contributed by atoms with E-state index in [0.717, 1.165) is 43.2 Å². The lowest BCUT2D eigenvalue weighted by Crippen LogP contribution is -2.38. The molecule has 2 N–H and O–H groups in total. The minimum atomic E-state index is -3.63. The van der Waals surface area contributed by atoms with E-state index in [2.05, 4.69) is 23.8 Å². The first kappa shape index (κ1) is 33.6. The number of benzene rings is 5. The van der Waals surface area contributed by atoms with Gasteiger partial charge in [-0.3, -0.25) is 0 Å². The van der Waals surface area contributed by atoms with Crippen molar-refractivity contribution in [3.63, 3.8) is 0 Å². The zero-order valence-corrected chi connectivity index (χ0v) is 29.3. The quantitative estimate of drug-likeness (QED) is 0.130. The van der Waals surface area contributed by atoms with Gasteiger partial charge in [0.2, 0.25) is 10.0 Å². The predicted octanol–water partition coefficient (Wildman–Crippen LogP) is 8.52. The van der Waals surface area contributed by atoms with Gasteiger partial charge in [-0.05, 0) is 64.2 Å². The molecule has 6 aromatic rings. The molecular formula is C39H36N2O5S3. The van der Waals surface area contributed by atoms with Gasteiger partial charge in [0.05, 0.1) is 33.9 Å². The lowest BCUT2D eigenvalue weighted by Gasteiger charge is -2.41. The molecule has 2 heterocycles. The van der Waals surface area contributed by atoms with E-state index in [1.807, 2.05) is 84.9 Å². The third-order valence-corrected chi connectivity index (χ3v) is 12.4. The summed E-state index contributed by atoms with van der Waals surface area (Å²) in [6.07, 6.45) is -0.958. The van der Waals surface area contributed by atoms with E-state index < -0.39 is 16.3 Å². The van der Waals surface area contributed by atoms with Crippen molar-refractivity contribution < 1.29 is 23.0 Å². The summed E-state index contributed by atoms with van der Waals surface area (Å²) in [5.74, 6) is 0.768. The minimum absolute atomic E-state index is 0.0125. The Bertz CT molecular complexity index is 2100. The summed E-state index contributed by atoms with van der Waals surface area (Å²) in [6.45, 7) is 2.32. The molecule has 1 aliphatic rings. The number of para-hydroxylation sites is 1. The van der Waals surface area contributed by atoms with Crippen LogP contribution < -0.4 is 4.72 Å². The van der Waals surface area contributed by atoms with Crippen molar-refractivity contribution in [3.05, 3.63) is 150 Å². The van der Waals surface area contributed by atoms with E-state index in [9.17, 15) is 13.5 Å².